The van der Waals surface area contributed by atoms with Gasteiger partial charge in [-0.2, -0.15) is 0 Å². The topological polar surface area (TPSA) is 97.8 Å². The summed E-state index contributed by atoms with van der Waals surface area (Å²) < 4.78 is 11.3. The van der Waals surface area contributed by atoms with E-state index in [0.717, 1.165) is 17.5 Å². The fourth-order valence-corrected chi connectivity index (χ4v) is 4.53. The Labute approximate surface area is 217 Å². The fraction of sp³-hybridized carbons (Fsp3) is 0.240. The number of aliphatic carboxylic acids is 1. The van der Waals surface area contributed by atoms with Gasteiger partial charge in [-0.25, -0.2) is 9.78 Å². The Bertz CT molecular complexity index is 1250. The van der Waals surface area contributed by atoms with Crippen molar-refractivity contribution in [2.24, 2.45) is 0 Å². The van der Waals surface area contributed by atoms with Crippen LogP contribution in [0.25, 0.3) is 17.3 Å². The highest BCUT2D eigenvalue weighted by molar-refractivity contribution is 7.14. The minimum Gasteiger partial charge on any atom is -0.496 e. The minimum atomic E-state index is -1.09. The van der Waals surface area contributed by atoms with Crippen molar-refractivity contribution < 1.29 is 24.2 Å². The third kappa shape index (κ3) is 6.61. The SMILES string of the molecule is CCCOCc1cccc(-c2csc(NC(=O)c3cc(Cl)c(C=C(C)C(=O)O)c(Cl)c3)n2)c1OC. The number of rotatable bonds is 10. The molecule has 7 nitrogen and oxygen atoms in total. The monoisotopic (exact) mass is 534 g/mol. The van der Waals surface area contributed by atoms with Gasteiger partial charge in [-0.05, 0) is 37.6 Å². The fourth-order valence-electron chi connectivity index (χ4n) is 3.22. The van der Waals surface area contributed by atoms with Gasteiger partial charge in [0.25, 0.3) is 5.91 Å². The van der Waals surface area contributed by atoms with Gasteiger partial charge < -0.3 is 14.6 Å². The first-order chi connectivity index (χ1) is 16.7. The molecule has 3 rings (SSSR count). The van der Waals surface area contributed by atoms with Crippen molar-refractivity contribution >= 4 is 57.6 Å². The van der Waals surface area contributed by atoms with E-state index in [1.54, 1.807) is 7.11 Å². The molecule has 1 aromatic heterocycles. The van der Waals surface area contributed by atoms with E-state index >= 15 is 0 Å². The molecule has 2 N–H and O–H groups in total. The predicted molar refractivity (Wildman–Crippen MR) is 140 cm³/mol. The van der Waals surface area contributed by atoms with Gasteiger partial charge in [0.15, 0.2) is 5.13 Å². The lowest BCUT2D eigenvalue weighted by atomic mass is 10.1. The Balaban J connectivity index is 1.81. The molecule has 3 aromatic rings. The van der Waals surface area contributed by atoms with Crippen LogP contribution in [0.1, 0.15) is 41.8 Å². The van der Waals surface area contributed by atoms with Crippen LogP contribution in [0.2, 0.25) is 10.0 Å². The van der Waals surface area contributed by atoms with E-state index in [9.17, 15) is 9.59 Å². The lowest BCUT2D eigenvalue weighted by molar-refractivity contribution is -0.132. The number of nitrogens with one attached hydrogen (secondary N) is 1. The molecule has 184 valence electrons. The van der Waals surface area contributed by atoms with Crippen LogP contribution in [0, 0.1) is 0 Å². The maximum Gasteiger partial charge on any atom is 0.331 e. The van der Waals surface area contributed by atoms with E-state index in [2.05, 4.69) is 10.3 Å². The second kappa shape index (κ2) is 12.2. The third-order valence-corrected chi connectivity index (χ3v) is 6.33. The van der Waals surface area contributed by atoms with E-state index in [1.165, 1.54) is 36.5 Å². The summed E-state index contributed by atoms with van der Waals surface area (Å²) in [5.74, 6) is -0.867. The number of amides is 1. The van der Waals surface area contributed by atoms with Crippen LogP contribution in [0.5, 0.6) is 5.75 Å². The second-order valence-corrected chi connectivity index (χ2v) is 9.20. The highest BCUT2D eigenvalue weighted by atomic mass is 35.5. The molecule has 0 aliphatic rings. The highest BCUT2D eigenvalue weighted by Gasteiger charge is 2.17. The number of hydrogen-bond donors (Lipinski definition) is 2. The summed E-state index contributed by atoms with van der Waals surface area (Å²) in [6.45, 7) is 4.56. The molecule has 0 aliphatic carbocycles. The molecule has 0 saturated carbocycles. The van der Waals surface area contributed by atoms with Crippen LogP contribution in [0.15, 0.2) is 41.3 Å². The first kappa shape index (κ1) is 26.7. The van der Waals surface area contributed by atoms with Gasteiger partial charge in [-0.1, -0.05) is 42.3 Å². The van der Waals surface area contributed by atoms with Crippen molar-refractivity contribution in [3.05, 3.63) is 68.0 Å². The maximum absolute atomic E-state index is 12.8. The Hall–Kier alpha value is -2.91. The number of anilines is 1. The number of carboxylic acid groups (broad SMARTS) is 1. The molecule has 0 saturated heterocycles. The number of halogens is 2. The van der Waals surface area contributed by atoms with Crippen molar-refractivity contribution in [3.8, 4) is 17.0 Å². The molecule has 0 unspecified atom stereocenters. The number of benzene rings is 2. The zero-order chi connectivity index (χ0) is 25.5. The summed E-state index contributed by atoms with van der Waals surface area (Å²) in [6, 6.07) is 8.61. The van der Waals surface area contributed by atoms with E-state index < -0.39 is 11.9 Å². The summed E-state index contributed by atoms with van der Waals surface area (Å²) in [4.78, 5) is 28.4. The van der Waals surface area contributed by atoms with Gasteiger partial charge in [0.05, 0.1) is 29.5 Å². The quantitative estimate of drug-likeness (QED) is 0.219. The molecule has 0 fully saturated rings. The standard InChI is InChI=1S/C25H24Cl2N2O5S/c1-4-8-34-12-15-6-5-7-17(22(15)33-3)21-13-35-25(28-21)29-23(30)16-10-19(26)18(20(27)11-16)9-14(2)24(31)32/h5-7,9-11,13H,4,8,12H2,1-3H3,(H,31,32)(H,28,29,30). The van der Waals surface area contributed by atoms with E-state index in [-0.39, 0.29) is 21.2 Å². The van der Waals surface area contributed by atoms with Crippen molar-refractivity contribution in [2.45, 2.75) is 26.9 Å². The summed E-state index contributed by atoms with van der Waals surface area (Å²) >= 11 is 13.8. The molecule has 0 aliphatic heterocycles. The van der Waals surface area contributed by atoms with E-state index in [4.69, 9.17) is 37.8 Å². The molecule has 0 radical (unpaired) electrons. The number of aromatic nitrogens is 1. The maximum atomic E-state index is 12.8. The molecular weight excluding hydrogens is 511 g/mol. The minimum absolute atomic E-state index is 0.0674. The molecule has 1 amide bonds. The summed E-state index contributed by atoms with van der Waals surface area (Å²) in [7, 11) is 1.60. The molecule has 35 heavy (non-hydrogen) atoms. The van der Waals surface area contributed by atoms with Crippen LogP contribution >= 0.6 is 34.5 Å². The summed E-state index contributed by atoms with van der Waals surface area (Å²) in [5.41, 5.74) is 2.97. The lowest BCUT2D eigenvalue weighted by Crippen LogP contribution is -2.12. The van der Waals surface area contributed by atoms with Gasteiger partial charge in [0.1, 0.15) is 5.75 Å². The highest BCUT2D eigenvalue weighted by Crippen LogP contribution is 2.35. The molecular formula is C25H24Cl2N2O5S. The van der Waals surface area contributed by atoms with Crippen LogP contribution in [-0.4, -0.2) is 35.7 Å². The van der Waals surface area contributed by atoms with Gasteiger partial charge in [0.2, 0.25) is 0 Å². The van der Waals surface area contributed by atoms with Crippen LogP contribution in [-0.2, 0) is 16.1 Å². The Morgan fingerprint density at radius 3 is 2.57 bits per heavy atom. The molecule has 10 heteroatoms. The smallest absolute Gasteiger partial charge is 0.331 e. The molecule has 0 bridgehead atoms. The molecule has 2 aromatic carbocycles. The second-order valence-electron chi connectivity index (χ2n) is 7.53. The van der Waals surface area contributed by atoms with E-state index in [0.29, 0.717) is 35.4 Å². The van der Waals surface area contributed by atoms with Crippen LogP contribution < -0.4 is 10.1 Å². The van der Waals surface area contributed by atoms with Crippen molar-refractivity contribution in [3.63, 3.8) is 0 Å². The number of methoxy groups -OCH3 is 1. The number of ether oxygens (including phenoxy) is 2. The average molecular weight is 535 g/mol. The zero-order valence-electron chi connectivity index (χ0n) is 19.4. The summed E-state index contributed by atoms with van der Waals surface area (Å²) in [6.07, 6.45) is 2.28. The number of para-hydroxylation sites is 1. The molecule has 0 atom stereocenters. The first-order valence-electron chi connectivity index (χ1n) is 10.7. The predicted octanol–water partition coefficient (Wildman–Crippen LogP) is 6.79. The Morgan fingerprint density at radius 2 is 1.94 bits per heavy atom. The van der Waals surface area contributed by atoms with Gasteiger partial charge in [-0.3, -0.25) is 10.1 Å². The van der Waals surface area contributed by atoms with Crippen molar-refractivity contribution in [1.82, 2.24) is 4.98 Å². The van der Waals surface area contributed by atoms with Crippen molar-refractivity contribution in [2.75, 3.05) is 19.0 Å². The lowest BCUT2D eigenvalue weighted by Gasteiger charge is -2.12. The Kier molecular flexibility index (Phi) is 9.28. The number of nitrogens with zero attached hydrogens (tertiary/aromatic N) is 1. The average Bonchev–Trinajstić information content (AvgIpc) is 3.29. The number of hydrogen-bond acceptors (Lipinski definition) is 6. The van der Waals surface area contributed by atoms with Crippen LogP contribution in [0.4, 0.5) is 5.13 Å². The normalized spacial score (nSPS) is 11.4. The van der Waals surface area contributed by atoms with Gasteiger partial charge >= 0.3 is 5.97 Å². The Morgan fingerprint density at radius 1 is 1.23 bits per heavy atom. The number of carboxylic acids is 1. The molecule has 1 heterocycles. The largest absolute Gasteiger partial charge is 0.496 e. The number of carbonyl (C=O) groups is 2. The third-order valence-electron chi connectivity index (χ3n) is 4.95. The van der Waals surface area contributed by atoms with Gasteiger partial charge in [0, 0.05) is 39.8 Å². The van der Waals surface area contributed by atoms with E-state index in [1.807, 2.05) is 30.5 Å². The van der Waals surface area contributed by atoms with Gasteiger partial charge in [-0.15, -0.1) is 11.3 Å². The molecule has 0 spiro atoms. The summed E-state index contributed by atoms with van der Waals surface area (Å²) in [5, 5.41) is 14.4. The number of thiazole rings is 1. The van der Waals surface area contributed by atoms with Crippen LogP contribution in [0.3, 0.4) is 0 Å². The van der Waals surface area contributed by atoms with Crippen molar-refractivity contribution in [1.29, 1.82) is 0 Å². The number of carbonyl (C=O) groups excluding carboxylic acids is 1. The first-order valence-corrected chi connectivity index (χ1v) is 12.3. The zero-order valence-corrected chi connectivity index (χ0v) is 21.7.